The van der Waals surface area contributed by atoms with Crippen molar-refractivity contribution in [3.8, 4) is 28.0 Å². The van der Waals surface area contributed by atoms with E-state index < -0.39 is 74.4 Å². The lowest BCUT2D eigenvalue weighted by molar-refractivity contribution is -0.142. The number of hydrogen-bond donors (Lipinski definition) is 3. The quantitative estimate of drug-likeness (QED) is 0.152. The molecule has 15 nitrogen and oxygen atoms in total. The van der Waals surface area contributed by atoms with Crippen molar-refractivity contribution in [1.29, 1.82) is 0 Å². The van der Waals surface area contributed by atoms with E-state index in [1.54, 1.807) is 27.0 Å². The standard InChI is InChI=1S/C41H46N6O9S3/c1-6-26-19-41(26,38(51)45-59(53,54)30-12-10-28(55-5)11-13-30)44-35(48)32-18-27(21-46(32)37(50)34(40(2,3)4)43-39(52)56-29-8-7-9-29)47-36(49)33(25-15-17-58-23-25)31(20-42-47)24-14-16-57-22-24/h6,10-17,20,22-23,26-27,29,32,34H,1,7-9,18-19,21H2,2-5H3,(H,43,52)(H,44,48)(H,45,51)/t26-,27-,32+,34-,41-/m1/s1. The molecule has 18 heteroatoms. The molecule has 1 saturated heterocycles. The largest absolute Gasteiger partial charge is 0.497 e. The van der Waals surface area contributed by atoms with E-state index in [0.717, 1.165) is 24.8 Å². The number of carbonyl (C=O) groups is 4. The van der Waals surface area contributed by atoms with Gasteiger partial charge in [0.25, 0.3) is 21.5 Å². The molecular weight excluding hydrogens is 817 g/mol. The molecule has 2 saturated carbocycles. The van der Waals surface area contributed by atoms with Crippen LogP contribution in [0.15, 0.2) is 86.5 Å². The third kappa shape index (κ3) is 8.43. The van der Waals surface area contributed by atoms with Gasteiger partial charge in [0.05, 0.1) is 29.8 Å². The maximum Gasteiger partial charge on any atom is 0.408 e. The van der Waals surface area contributed by atoms with E-state index >= 15 is 0 Å². The Balaban J connectivity index is 1.22. The molecule has 59 heavy (non-hydrogen) atoms. The summed E-state index contributed by atoms with van der Waals surface area (Å²) >= 11 is 2.92. The van der Waals surface area contributed by atoms with Gasteiger partial charge in [0.15, 0.2) is 0 Å². The molecule has 0 bridgehead atoms. The lowest BCUT2D eigenvalue weighted by Crippen LogP contribution is -2.60. The minimum Gasteiger partial charge on any atom is -0.497 e. The third-order valence-corrected chi connectivity index (χ3v) is 13.9. The van der Waals surface area contributed by atoms with E-state index in [4.69, 9.17) is 9.47 Å². The van der Waals surface area contributed by atoms with E-state index in [0.29, 0.717) is 22.4 Å². The highest BCUT2D eigenvalue weighted by molar-refractivity contribution is 7.90. The first kappa shape index (κ1) is 41.8. The maximum absolute atomic E-state index is 14.7. The van der Waals surface area contributed by atoms with Crippen molar-refractivity contribution in [2.45, 2.75) is 87.5 Å². The van der Waals surface area contributed by atoms with Crippen LogP contribution >= 0.6 is 22.7 Å². The molecule has 3 N–H and O–H groups in total. The maximum atomic E-state index is 14.7. The van der Waals surface area contributed by atoms with Crippen molar-refractivity contribution in [2.24, 2.45) is 11.3 Å². The zero-order chi connectivity index (χ0) is 42.3. The van der Waals surface area contributed by atoms with Crippen molar-refractivity contribution in [3.05, 3.63) is 87.1 Å². The van der Waals surface area contributed by atoms with Gasteiger partial charge in [-0.3, -0.25) is 19.2 Å². The van der Waals surface area contributed by atoms with Crippen LogP contribution in [0.4, 0.5) is 4.79 Å². The molecule has 3 aromatic heterocycles. The summed E-state index contributed by atoms with van der Waals surface area (Å²) in [6.07, 6.45) is 4.38. The predicted molar refractivity (Wildman–Crippen MR) is 222 cm³/mol. The molecule has 4 amide bonds. The molecule has 2 aliphatic carbocycles. The number of amides is 4. The van der Waals surface area contributed by atoms with Gasteiger partial charge in [0, 0.05) is 24.4 Å². The van der Waals surface area contributed by atoms with E-state index in [-0.39, 0.29) is 30.4 Å². The van der Waals surface area contributed by atoms with Crippen LogP contribution in [0.3, 0.4) is 0 Å². The Hall–Kier alpha value is -5.33. The number of thiophene rings is 2. The number of benzene rings is 1. The zero-order valence-corrected chi connectivity index (χ0v) is 35.5. The molecule has 0 radical (unpaired) electrons. The normalized spacial score (nSPS) is 22.1. The van der Waals surface area contributed by atoms with Crippen LogP contribution in [0, 0.1) is 11.3 Å². The highest BCUT2D eigenvalue weighted by Gasteiger charge is 2.61. The number of sulfonamides is 1. The number of nitrogens with zero attached hydrogens (tertiary/aromatic N) is 3. The number of alkyl carbamates (subject to hydrolysis) is 1. The van der Waals surface area contributed by atoms with Crippen molar-refractivity contribution in [3.63, 3.8) is 0 Å². The molecule has 3 fully saturated rings. The minimum atomic E-state index is -4.38. The summed E-state index contributed by atoms with van der Waals surface area (Å²) in [7, 11) is -2.94. The smallest absolute Gasteiger partial charge is 0.408 e. The molecule has 7 rings (SSSR count). The Morgan fingerprint density at radius 1 is 1.03 bits per heavy atom. The Morgan fingerprint density at radius 3 is 2.27 bits per heavy atom. The van der Waals surface area contributed by atoms with Gasteiger partial charge in [0.2, 0.25) is 11.8 Å². The van der Waals surface area contributed by atoms with Crippen LogP contribution in [-0.4, -0.2) is 84.3 Å². The molecule has 3 aliphatic rings. The number of nitrogens with one attached hydrogen (secondary N) is 3. The summed E-state index contributed by atoms with van der Waals surface area (Å²) in [5, 5.41) is 17.7. The summed E-state index contributed by atoms with van der Waals surface area (Å²) in [5.41, 5.74) is -0.425. The van der Waals surface area contributed by atoms with Crippen LogP contribution < -0.4 is 25.7 Å². The second-order valence-electron chi connectivity index (χ2n) is 16.1. The Kier molecular flexibility index (Phi) is 11.6. The van der Waals surface area contributed by atoms with Crippen molar-refractivity contribution >= 4 is 56.5 Å². The summed E-state index contributed by atoms with van der Waals surface area (Å²) < 4.78 is 40.7. The van der Waals surface area contributed by atoms with Crippen LogP contribution in [0.25, 0.3) is 22.3 Å². The molecule has 5 atom stereocenters. The summed E-state index contributed by atoms with van der Waals surface area (Å²) in [6, 6.07) is 5.94. The van der Waals surface area contributed by atoms with Gasteiger partial charge >= 0.3 is 6.09 Å². The average molecular weight is 863 g/mol. The molecular formula is C41H46N6O9S3. The molecule has 1 aliphatic heterocycles. The fourth-order valence-corrected chi connectivity index (χ4v) is 9.84. The lowest BCUT2D eigenvalue weighted by atomic mass is 9.85. The molecule has 4 heterocycles. The number of aromatic nitrogens is 2. The van der Waals surface area contributed by atoms with Crippen molar-refractivity contribution in [2.75, 3.05) is 13.7 Å². The fraction of sp³-hybridized carbons (Fsp3) is 0.415. The summed E-state index contributed by atoms with van der Waals surface area (Å²) in [5.74, 6) is -2.56. The fourth-order valence-electron chi connectivity index (χ4n) is 7.50. The lowest BCUT2D eigenvalue weighted by Gasteiger charge is -2.36. The Morgan fingerprint density at radius 2 is 1.71 bits per heavy atom. The highest BCUT2D eigenvalue weighted by atomic mass is 32.2. The number of likely N-dealkylation sites (tertiary alicyclic amines) is 1. The van der Waals surface area contributed by atoms with Gasteiger partial charge in [-0.05, 0) is 100 Å². The van der Waals surface area contributed by atoms with E-state index in [2.05, 4.69) is 27.0 Å². The van der Waals surface area contributed by atoms with Crippen LogP contribution in [0.5, 0.6) is 5.75 Å². The highest BCUT2D eigenvalue weighted by Crippen LogP contribution is 2.45. The van der Waals surface area contributed by atoms with Gasteiger partial charge < -0.3 is 25.0 Å². The SMILES string of the molecule is C=C[C@@H]1C[C@]1(NC(=O)[C@@H]1C[C@@H](n2ncc(-c3ccsc3)c(-c3ccsc3)c2=O)CN1C(=O)[C@@H](NC(=O)OC1CCC1)C(C)(C)C)C(=O)NS(=O)(=O)c1ccc(OC)cc1. The number of methoxy groups -OCH3 is 1. The van der Waals surface area contributed by atoms with E-state index in [9.17, 15) is 32.4 Å². The van der Waals surface area contributed by atoms with Gasteiger partial charge in [0.1, 0.15) is 29.5 Å². The first-order valence-corrected chi connectivity index (χ1v) is 22.5. The Labute approximate surface area is 349 Å². The van der Waals surface area contributed by atoms with E-state index in [1.807, 2.05) is 33.7 Å². The first-order chi connectivity index (χ1) is 28.1. The van der Waals surface area contributed by atoms with Gasteiger partial charge in [-0.1, -0.05) is 26.8 Å². The Bertz CT molecular complexity index is 2410. The van der Waals surface area contributed by atoms with Gasteiger partial charge in [-0.15, -0.1) is 6.58 Å². The number of rotatable bonds is 13. The second kappa shape index (κ2) is 16.4. The molecule has 4 aromatic rings. The van der Waals surface area contributed by atoms with Crippen molar-refractivity contribution < 1.29 is 37.1 Å². The summed E-state index contributed by atoms with van der Waals surface area (Å²) in [4.78, 5) is 71.9. The zero-order valence-electron chi connectivity index (χ0n) is 33.0. The third-order valence-electron chi connectivity index (χ3n) is 11.2. The van der Waals surface area contributed by atoms with Gasteiger partial charge in [-0.2, -0.15) is 27.8 Å². The predicted octanol–water partition coefficient (Wildman–Crippen LogP) is 5.11. The van der Waals surface area contributed by atoms with Gasteiger partial charge in [-0.25, -0.2) is 22.6 Å². The first-order valence-electron chi connectivity index (χ1n) is 19.2. The number of ether oxygens (including phenoxy) is 2. The molecule has 1 aromatic carbocycles. The summed E-state index contributed by atoms with van der Waals surface area (Å²) in [6.45, 7) is 8.95. The minimum absolute atomic E-state index is 0.0462. The van der Waals surface area contributed by atoms with Crippen LogP contribution in [0.1, 0.15) is 58.9 Å². The number of hydrogen-bond acceptors (Lipinski definition) is 12. The molecule has 0 unspecified atom stereocenters. The topological polar surface area (TPSA) is 195 Å². The van der Waals surface area contributed by atoms with Crippen molar-refractivity contribution in [1.82, 2.24) is 30.0 Å². The molecule has 0 spiro atoms. The average Bonchev–Trinajstić information content (AvgIpc) is 3.70. The monoisotopic (exact) mass is 862 g/mol. The van der Waals surface area contributed by atoms with Crippen LogP contribution in [0.2, 0.25) is 0 Å². The molecule has 312 valence electrons. The van der Waals surface area contributed by atoms with Crippen LogP contribution in [-0.2, 0) is 29.1 Å². The number of carbonyl (C=O) groups excluding carboxylic acids is 4. The second-order valence-corrected chi connectivity index (χ2v) is 19.4. The van der Waals surface area contributed by atoms with E-state index in [1.165, 1.54) is 69.7 Å².